The second-order valence-corrected chi connectivity index (χ2v) is 12.8. The molecule has 0 unspecified atom stereocenters. The van der Waals surface area contributed by atoms with Gasteiger partial charge in [0.05, 0.1) is 0 Å². The normalized spacial score (nSPS) is 19.1. The van der Waals surface area contributed by atoms with Gasteiger partial charge in [0.25, 0.3) is 0 Å². The van der Waals surface area contributed by atoms with E-state index in [1.54, 1.807) is 6.07 Å². The molecule has 0 spiro atoms. The zero-order valence-corrected chi connectivity index (χ0v) is 20.1. The first kappa shape index (κ1) is 22.7. The van der Waals surface area contributed by atoms with Crippen LogP contribution in [0.15, 0.2) is 36.4 Å². The molecule has 0 N–H and O–H groups in total. The number of benzene rings is 2. The number of halogens is 2. The maximum atomic E-state index is 14.0. The fourth-order valence-corrected chi connectivity index (χ4v) is 8.76. The molecule has 1 saturated carbocycles. The van der Waals surface area contributed by atoms with Crippen molar-refractivity contribution < 1.29 is 8.78 Å². The lowest BCUT2D eigenvalue weighted by Crippen LogP contribution is -2.20. The molecule has 2 aromatic rings. The minimum Gasteiger partial charge on any atom is -0.204 e. The van der Waals surface area contributed by atoms with Crippen LogP contribution in [0.1, 0.15) is 94.1 Å². The topological polar surface area (TPSA) is 0 Å². The molecule has 1 aliphatic heterocycles. The number of rotatable bonds is 7. The van der Waals surface area contributed by atoms with E-state index < -0.39 is 11.6 Å². The standard InChI is InChI=1S/C28H37F2Si/c1-2-3-7-16-31-17-14-21(15-18-31)23-10-12-25(24-11-13-27(29)28(30)20-24)26(19-23)22-8-5-4-6-9-22/h10-13,19-22H,2-9,14-18H2,1H3. The summed E-state index contributed by atoms with van der Waals surface area (Å²) < 4.78 is 27.5. The van der Waals surface area contributed by atoms with Crippen LogP contribution in [-0.4, -0.2) is 8.80 Å². The number of hydrogen-bond donors (Lipinski definition) is 0. The first-order chi connectivity index (χ1) is 15.2. The van der Waals surface area contributed by atoms with Crippen molar-refractivity contribution in [2.75, 3.05) is 0 Å². The monoisotopic (exact) mass is 439 g/mol. The second-order valence-electron chi connectivity index (χ2n) is 9.79. The van der Waals surface area contributed by atoms with Crippen LogP contribution >= 0.6 is 0 Å². The van der Waals surface area contributed by atoms with Gasteiger partial charge in [-0.2, -0.15) is 0 Å². The molecule has 0 amide bonds. The summed E-state index contributed by atoms with van der Waals surface area (Å²) in [7, 11) is -0.127. The van der Waals surface area contributed by atoms with E-state index in [2.05, 4.69) is 25.1 Å². The highest BCUT2D eigenvalue weighted by Crippen LogP contribution is 2.42. The van der Waals surface area contributed by atoms with Crippen LogP contribution in [0.3, 0.4) is 0 Å². The van der Waals surface area contributed by atoms with Gasteiger partial charge in [-0.1, -0.05) is 87.8 Å². The summed E-state index contributed by atoms with van der Waals surface area (Å²) in [5.41, 5.74) is 4.79. The van der Waals surface area contributed by atoms with Crippen molar-refractivity contribution in [1.29, 1.82) is 0 Å². The van der Waals surface area contributed by atoms with Crippen LogP contribution in [0.25, 0.3) is 11.1 Å². The molecule has 31 heavy (non-hydrogen) atoms. The highest BCUT2D eigenvalue weighted by Gasteiger charge is 2.26. The van der Waals surface area contributed by atoms with Gasteiger partial charge in [-0.3, -0.25) is 0 Å². The SMILES string of the molecule is CCCCC[Si]1CCC(c2ccc(-c3ccc(F)c(F)c3)c(C3CCCCC3)c2)CC1. The quantitative estimate of drug-likeness (QED) is 0.298. The Bertz CT molecular complexity index is 848. The molecule has 0 aromatic heterocycles. The van der Waals surface area contributed by atoms with Crippen molar-refractivity contribution >= 4 is 8.80 Å². The van der Waals surface area contributed by atoms with Gasteiger partial charge in [0, 0.05) is 8.80 Å². The molecule has 2 aromatic carbocycles. The minimum absolute atomic E-state index is 0.127. The van der Waals surface area contributed by atoms with E-state index in [1.165, 1.54) is 106 Å². The van der Waals surface area contributed by atoms with Crippen molar-refractivity contribution in [3.8, 4) is 11.1 Å². The molecule has 0 bridgehead atoms. The van der Waals surface area contributed by atoms with E-state index in [4.69, 9.17) is 0 Å². The lowest BCUT2D eigenvalue weighted by Gasteiger charge is -2.30. The van der Waals surface area contributed by atoms with Crippen LogP contribution in [0.4, 0.5) is 8.78 Å². The fourth-order valence-electron chi connectivity index (χ4n) is 5.75. The molecule has 2 fully saturated rings. The summed E-state index contributed by atoms with van der Waals surface area (Å²) in [6, 6.07) is 15.8. The lowest BCUT2D eigenvalue weighted by molar-refractivity contribution is 0.443. The van der Waals surface area contributed by atoms with Crippen LogP contribution in [0, 0.1) is 11.6 Å². The predicted octanol–water partition coefficient (Wildman–Crippen LogP) is 9.24. The van der Waals surface area contributed by atoms with Crippen molar-refractivity contribution in [2.45, 2.75) is 101 Å². The lowest BCUT2D eigenvalue weighted by atomic mass is 9.79. The maximum absolute atomic E-state index is 14.0. The maximum Gasteiger partial charge on any atom is 0.159 e. The van der Waals surface area contributed by atoms with Crippen LogP contribution in [-0.2, 0) is 0 Å². The molecular formula is C28H37F2Si. The second kappa shape index (κ2) is 10.9. The predicted molar refractivity (Wildman–Crippen MR) is 129 cm³/mol. The molecule has 0 atom stereocenters. The van der Waals surface area contributed by atoms with Crippen molar-refractivity contribution in [2.24, 2.45) is 0 Å². The molecule has 2 aliphatic rings. The van der Waals surface area contributed by atoms with Gasteiger partial charge >= 0.3 is 0 Å². The molecule has 4 rings (SSSR count). The largest absolute Gasteiger partial charge is 0.204 e. The smallest absolute Gasteiger partial charge is 0.159 e. The highest BCUT2D eigenvalue weighted by molar-refractivity contribution is 6.59. The Morgan fingerprint density at radius 2 is 1.58 bits per heavy atom. The average molecular weight is 440 g/mol. The summed E-state index contributed by atoms with van der Waals surface area (Å²) in [6.45, 7) is 2.29. The third-order valence-corrected chi connectivity index (χ3v) is 10.7. The summed E-state index contributed by atoms with van der Waals surface area (Å²) in [6.07, 6.45) is 13.2. The molecule has 167 valence electrons. The molecule has 3 heteroatoms. The van der Waals surface area contributed by atoms with E-state index in [1.807, 2.05) is 0 Å². The first-order valence-electron chi connectivity index (χ1n) is 12.6. The minimum atomic E-state index is -0.765. The Balaban J connectivity index is 1.55. The Hall–Kier alpha value is -1.48. The van der Waals surface area contributed by atoms with E-state index in [9.17, 15) is 8.78 Å². The van der Waals surface area contributed by atoms with E-state index in [-0.39, 0.29) is 8.80 Å². The summed E-state index contributed by atoms with van der Waals surface area (Å²) in [5, 5.41) is 0. The van der Waals surface area contributed by atoms with Crippen LogP contribution in [0.5, 0.6) is 0 Å². The van der Waals surface area contributed by atoms with Gasteiger partial charge in [0.1, 0.15) is 0 Å². The molecule has 1 aliphatic carbocycles. The third kappa shape index (κ3) is 5.66. The van der Waals surface area contributed by atoms with Gasteiger partial charge in [0.2, 0.25) is 0 Å². The van der Waals surface area contributed by atoms with E-state index in [0.29, 0.717) is 11.8 Å². The molecule has 0 nitrogen and oxygen atoms in total. The van der Waals surface area contributed by atoms with E-state index in [0.717, 1.165) is 11.1 Å². The molecular weight excluding hydrogens is 402 g/mol. The zero-order valence-electron chi connectivity index (χ0n) is 19.1. The Labute approximate surface area is 189 Å². The van der Waals surface area contributed by atoms with Gasteiger partial charge in [-0.15, -0.1) is 0 Å². The highest BCUT2D eigenvalue weighted by atomic mass is 28.3. The van der Waals surface area contributed by atoms with Gasteiger partial charge < -0.3 is 0 Å². The average Bonchev–Trinajstić information content (AvgIpc) is 2.82. The van der Waals surface area contributed by atoms with Crippen LogP contribution in [0.2, 0.25) is 18.1 Å². The zero-order chi connectivity index (χ0) is 21.6. The Morgan fingerprint density at radius 1 is 0.806 bits per heavy atom. The van der Waals surface area contributed by atoms with Gasteiger partial charge in [-0.25, -0.2) is 8.78 Å². The number of hydrogen-bond acceptors (Lipinski definition) is 0. The van der Waals surface area contributed by atoms with Crippen molar-refractivity contribution in [3.63, 3.8) is 0 Å². The summed E-state index contributed by atoms with van der Waals surface area (Å²) in [5.74, 6) is -0.283. The van der Waals surface area contributed by atoms with E-state index >= 15 is 0 Å². The van der Waals surface area contributed by atoms with Gasteiger partial charge in [-0.05, 0) is 71.9 Å². The first-order valence-corrected chi connectivity index (χ1v) is 14.7. The van der Waals surface area contributed by atoms with Crippen LogP contribution < -0.4 is 0 Å². The fraction of sp³-hybridized carbons (Fsp3) is 0.571. The molecule has 1 heterocycles. The Kier molecular flexibility index (Phi) is 7.98. The molecule has 1 radical (unpaired) electrons. The summed E-state index contributed by atoms with van der Waals surface area (Å²) >= 11 is 0. The summed E-state index contributed by atoms with van der Waals surface area (Å²) in [4.78, 5) is 0. The van der Waals surface area contributed by atoms with Gasteiger partial charge in [0.15, 0.2) is 11.6 Å². The third-order valence-electron chi connectivity index (χ3n) is 7.65. The Morgan fingerprint density at radius 3 is 2.29 bits per heavy atom. The molecule has 1 saturated heterocycles. The van der Waals surface area contributed by atoms with Crippen molar-refractivity contribution in [1.82, 2.24) is 0 Å². The number of unbranched alkanes of at least 4 members (excludes halogenated alkanes) is 2. The van der Waals surface area contributed by atoms with Crippen molar-refractivity contribution in [3.05, 3.63) is 59.2 Å².